The van der Waals surface area contributed by atoms with Crippen LogP contribution in [0.25, 0.3) is 0 Å². The van der Waals surface area contributed by atoms with Crippen molar-refractivity contribution in [1.82, 2.24) is 16.0 Å². The number of hydrogen-bond acceptors (Lipinski definition) is 5. The van der Waals surface area contributed by atoms with Crippen LogP contribution >= 0.6 is 0 Å². The lowest BCUT2D eigenvalue weighted by Gasteiger charge is -2.25. The fraction of sp³-hybridized carbons (Fsp3) is 0.533. The van der Waals surface area contributed by atoms with Gasteiger partial charge in [-0.3, -0.25) is 13.9 Å². The lowest BCUT2D eigenvalue weighted by Crippen LogP contribution is -2.51. The van der Waals surface area contributed by atoms with Crippen LogP contribution in [0.4, 0.5) is 5.69 Å². The van der Waals surface area contributed by atoms with Crippen LogP contribution < -0.4 is 25.0 Å². The molecule has 8 nitrogen and oxygen atoms in total. The average molecular weight is 557 g/mol. The van der Waals surface area contributed by atoms with Crippen LogP contribution in [0.5, 0.6) is 5.75 Å². The fourth-order valence-corrected chi connectivity index (χ4v) is 4.96. The monoisotopic (exact) mass is 556 g/mol. The van der Waals surface area contributed by atoms with E-state index in [0.717, 1.165) is 24.8 Å². The van der Waals surface area contributed by atoms with Gasteiger partial charge >= 0.3 is 0 Å². The molecule has 3 N–H and O–H groups in total. The first kappa shape index (κ1) is 30.6. The minimum atomic E-state index is -1.25. The largest absolute Gasteiger partial charge is 0.493 e. The van der Waals surface area contributed by atoms with Gasteiger partial charge in [0.15, 0.2) is 0 Å². The van der Waals surface area contributed by atoms with Gasteiger partial charge in [0.1, 0.15) is 16.7 Å². The molecule has 4 bridgehead atoms. The SMILES string of the molecule is CCC[C@H](NC[C@@H]1Cc2cccc(c2)CCCOc2cc(cc(N(C)S(C)=O)c2)C(=O)N1)C(=O)NCC(C)C. The number of carbonyl (C=O) groups is 2. The number of rotatable bonds is 10. The predicted molar refractivity (Wildman–Crippen MR) is 159 cm³/mol. The second kappa shape index (κ2) is 15.0. The van der Waals surface area contributed by atoms with Gasteiger partial charge in [0.25, 0.3) is 5.91 Å². The summed E-state index contributed by atoms with van der Waals surface area (Å²) in [5.74, 6) is 0.689. The highest BCUT2D eigenvalue weighted by Gasteiger charge is 2.22. The first-order valence-corrected chi connectivity index (χ1v) is 15.4. The molecule has 1 aliphatic heterocycles. The minimum absolute atomic E-state index is 0.00939. The van der Waals surface area contributed by atoms with Gasteiger partial charge in [-0.05, 0) is 54.9 Å². The topological polar surface area (TPSA) is 99.8 Å². The molecule has 39 heavy (non-hydrogen) atoms. The van der Waals surface area contributed by atoms with E-state index >= 15 is 0 Å². The van der Waals surface area contributed by atoms with E-state index in [0.29, 0.717) is 55.5 Å². The van der Waals surface area contributed by atoms with Crippen LogP contribution in [0.2, 0.25) is 0 Å². The van der Waals surface area contributed by atoms with Crippen LogP contribution in [-0.2, 0) is 28.6 Å². The highest BCUT2D eigenvalue weighted by Crippen LogP contribution is 2.25. The van der Waals surface area contributed by atoms with Gasteiger partial charge in [0.05, 0.1) is 18.3 Å². The molecule has 2 aromatic rings. The standard InChI is InChI=1S/C30H44N4O4S/c1-6-9-28(30(36)32-19-21(2)3)31-20-25-15-23-11-7-10-22(14-23)12-8-13-38-27-17-24(29(35)33-25)16-26(18-27)34(4)39(5)37/h7,10-11,14,16-18,21,25,28,31H,6,8-9,12-13,15,19-20H2,1-5H3,(H,32,36)(H,33,35)/t25-,28-,39?/m0/s1. The van der Waals surface area contributed by atoms with Gasteiger partial charge in [-0.25, -0.2) is 4.21 Å². The van der Waals surface area contributed by atoms with Crippen LogP contribution in [0.15, 0.2) is 42.5 Å². The molecular formula is C30H44N4O4S. The van der Waals surface area contributed by atoms with E-state index in [9.17, 15) is 13.8 Å². The average Bonchev–Trinajstić information content (AvgIpc) is 2.91. The predicted octanol–water partition coefficient (Wildman–Crippen LogP) is 3.61. The van der Waals surface area contributed by atoms with Crippen molar-refractivity contribution in [2.75, 3.05) is 37.3 Å². The third kappa shape index (κ3) is 9.65. The second-order valence-electron chi connectivity index (χ2n) is 10.7. The minimum Gasteiger partial charge on any atom is -0.493 e. The number of anilines is 1. The molecule has 1 aliphatic rings. The molecule has 0 saturated carbocycles. The molecule has 1 unspecified atom stereocenters. The Hall–Kier alpha value is -2.91. The van der Waals surface area contributed by atoms with Gasteiger partial charge in [-0.15, -0.1) is 0 Å². The van der Waals surface area contributed by atoms with E-state index < -0.39 is 11.0 Å². The zero-order valence-electron chi connectivity index (χ0n) is 23.9. The Kier molecular flexibility index (Phi) is 11.8. The van der Waals surface area contributed by atoms with Crippen molar-refractivity contribution in [2.24, 2.45) is 5.92 Å². The lowest BCUT2D eigenvalue weighted by molar-refractivity contribution is -0.123. The molecule has 0 aromatic heterocycles. The smallest absolute Gasteiger partial charge is 0.251 e. The summed E-state index contributed by atoms with van der Waals surface area (Å²) in [7, 11) is 0.478. The zero-order valence-corrected chi connectivity index (χ0v) is 24.7. The third-order valence-corrected chi connectivity index (χ3v) is 7.76. The Morgan fingerprint density at radius 3 is 2.69 bits per heavy atom. The molecule has 1 heterocycles. The molecule has 0 fully saturated rings. The quantitative estimate of drug-likeness (QED) is 0.415. The molecule has 0 saturated heterocycles. The Labute approximate surface area is 235 Å². The molecule has 0 radical (unpaired) electrons. The normalized spacial score (nSPS) is 17.4. The van der Waals surface area contributed by atoms with Crippen LogP contribution in [0.3, 0.4) is 0 Å². The van der Waals surface area contributed by atoms with Crippen LogP contribution in [0, 0.1) is 5.92 Å². The molecule has 0 aliphatic carbocycles. The number of carbonyl (C=O) groups excluding carboxylic acids is 2. The van der Waals surface area contributed by atoms with Crippen LogP contribution in [-0.4, -0.2) is 61.1 Å². The molecule has 2 amide bonds. The van der Waals surface area contributed by atoms with Gasteiger partial charge in [0, 0.05) is 44.1 Å². The molecule has 214 valence electrons. The third-order valence-electron chi connectivity index (χ3n) is 6.78. The summed E-state index contributed by atoms with van der Waals surface area (Å²) < 4.78 is 19.8. The number of benzene rings is 2. The number of aryl methyl sites for hydroxylation is 1. The lowest BCUT2D eigenvalue weighted by atomic mass is 10.00. The Bertz CT molecular complexity index is 1140. The van der Waals surface area contributed by atoms with Gasteiger partial charge in [0.2, 0.25) is 5.91 Å². The summed E-state index contributed by atoms with van der Waals surface area (Å²) in [6, 6.07) is 13.1. The molecular weight excluding hydrogens is 512 g/mol. The van der Waals surface area contributed by atoms with Crippen molar-refractivity contribution in [3.8, 4) is 5.75 Å². The molecule has 3 rings (SSSR count). The Balaban J connectivity index is 1.88. The number of nitrogens with one attached hydrogen (secondary N) is 3. The maximum absolute atomic E-state index is 13.5. The highest BCUT2D eigenvalue weighted by atomic mass is 32.2. The van der Waals surface area contributed by atoms with Gasteiger partial charge in [-0.2, -0.15) is 0 Å². The van der Waals surface area contributed by atoms with Gasteiger partial charge in [-0.1, -0.05) is 51.5 Å². The Morgan fingerprint density at radius 2 is 1.97 bits per heavy atom. The number of ether oxygens (including phenoxy) is 1. The van der Waals surface area contributed by atoms with Crippen molar-refractivity contribution in [3.05, 3.63) is 59.2 Å². The molecule has 3 atom stereocenters. The summed E-state index contributed by atoms with van der Waals surface area (Å²) in [5, 5.41) is 9.65. The van der Waals surface area contributed by atoms with E-state index in [2.05, 4.69) is 61.0 Å². The highest BCUT2D eigenvalue weighted by molar-refractivity contribution is 7.85. The van der Waals surface area contributed by atoms with E-state index in [1.807, 2.05) is 6.07 Å². The summed E-state index contributed by atoms with van der Waals surface area (Å²) in [5.41, 5.74) is 3.44. The van der Waals surface area contributed by atoms with E-state index in [-0.39, 0.29) is 23.9 Å². The van der Waals surface area contributed by atoms with E-state index in [1.54, 1.807) is 29.7 Å². The summed E-state index contributed by atoms with van der Waals surface area (Å²) in [6.07, 6.45) is 5.51. The van der Waals surface area contributed by atoms with Gasteiger partial charge < -0.3 is 20.7 Å². The van der Waals surface area contributed by atoms with Crippen molar-refractivity contribution < 1.29 is 18.5 Å². The molecule has 9 heteroatoms. The van der Waals surface area contributed by atoms with Crippen molar-refractivity contribution >= 4 is 28.5 Å². The van der Waals surface area contributed by atoms with Crippen LogP contribution in [0.1, 0.15) is 61.5 Å². The van der Waals surface area contributed by atoms with E-state index in [4.69, 9.17) is 4.74 Å². The summed E-state index contributed by atoms with van der Waals surface area (Å²) in [6.45, 7) is 7.79. The number of hydrogen-bond donors (Lipinski definition) is 3. The maximum atomic E-state index is 13.5. The number of fused-ring (bicyclic) bond motifs is 4. The second-order valence-corrected chi connectivity index (χ2v) is 12.1. The van der Waals surface area contributed by atoms with Crippen molar-refractivity contribution in [2.45, 2.75) is 65.0 Å². The first-order chi connectivity index (χ1) is 18.7. The van der Waals surface area contributed by atoms with Crippen molar-refractivity contribution in [3.63, 3.8) is 0 Å². The number of nitrogens with zero attached hydrogens (tertiary/aromatic N) is 1. The number of amides is 2. The maximum Gasteiger partial charge on any atom is 0.251 e. The molecule has 0 spiro atoms. The summed E-state index contributed by atoms with van der Waals surface area (Å²) in [4.78, 5) is 26.4. The zero-order chi connectivity index (χ0) is 28.4. The first-order valence-electron chi connectivity index (χ1n) is 13.9. The van der Waals surface area contributed by atoms with Crippen molar-refractivity contribution in [1.29, 1.82) is 0 Å². The van der Waals surface area contributed by atoms with E-state index in [1.165, 1.54) is 5.56 Å². The summed E-state index contributed by atoms with van der Waals surface area (Å²) >= 11 is 0. The fourth-order valence-electron chi connectivity index (χ4n) is 4.56. The molecule has 2 aromatic carbocycles. The Morgan fingerprint density at radius 1 is 1.21 bits per heavy atom.